The maximum absolute atomic E-state index is 12.5. The molecule has 0 heterocycles. The maximum atomic E-state index is 12.5. The fraction of sp³-hybridized carbons (Fsp3) is 0.368. The van der Waals surface area contributed by atoms with E-state index in [0.29, 0.717) is 11.3 Å². The molecule has 0 unspecified atom stereocenters. The number of amides is 1. The summed E-state index contributed by atoms with van der Waals surface area (Å²) < 4.78 is 10.6. The fourth-order valence-corrected chi connectivity index (χ4v) is 2.30. The molecule has 5 nitrogen and oxygen atoms in total. The quantitative estimate of drug-likeness (QED) is 0.874. The number of hydrogen-bond acceptors (Lipinski definition) is 4. The molecule has 0 aromatic heterocycles. The van der Waals surface area contributed by atoms with Gasteiger partial charge in [0.05, 0.1) is 7.11 Å². The number of esters is 1. The molecule has 0 aliphatic rings. The average Bonchev–Trinajstić information content (AvgIpc) is 2.51. The van der Waals surface area contributed by atoms with Gasteiger partial charge in [-0.25, -0.2) is 4.79 Å². The van der Waals surface area contributed by atoms with Gasteiger partial charge in [0.1, 0.15) is 11.3 Å². The maximum Gasteiger partial charge on any atom is 0.342 e. The minimum absolute atomic E-state index is 0.298. The van der Waals surface area contributed by atoms with Crippen molar-refractivity contribution in [1.29, 1.82) is 0 Å². The Morgan fingerprint density at radius 3 is 2.21 bits per heavy atom. The summed E-state index contributed by atoms with van der Waals surface area (Å²) in [7, 11) is 1.50. The molecule has 5 heteroatoms. The molecular formula is C19H23NO4. The van der Waals surface area contributed by atoms with Gasteiger partial charge in [-0.05, 0) is 50.6 Å². The van der Waals surface area contributed by atoms with Crippen molar-refractivity contribution in [1.82, 2.24) is 5.32 Å². The van der Waals surface area contributed by atoms with Crippen molar-refractivity contribution in [3.8, 4) is 5.75 Å². The molecule has 0 bridgehead atoms. The first-order chi connectivity index (χ1) is 11.2. The second-order valence-corrected chi connectivity index (χ2v) is 6.69. The van der Waals surface area contributed by atoms with Gasteiger partial charge in [-0.3, -0.25) is 4.79 Å². The predicted octanol–water partition coefficient (Wildman–Crippen LogP) is 3.31. The summed E-state index contributed by atoms with van der Waals surface area (Å²) >= 11 is 0. The number of carbonyl (C=O) groups excluding carboxylic acids is 2. The van der Waals surface area contributed by atoms with E-state index < -0.39 is 17.6 Å². The van der Waals surface area contributed by atoms with Crippen LogP contribution in [0.5, 0.6) is 5.75 Å². The van der Waals surface area contributed by atoms with E-state index in [1.54, 1.807) is 19.1 Å². The largest absolute Gasteiger partial charge is 0.496 e. The van der Waals surface area contributed by atoms with Gasteiger partial charge in [-0.15, -0.1) is 0 Å². The molecular weight excluding hydrogens is 306 g/mol. The lowest BCUT2D eigenvalue weighted by Gasteiger charge is -2.23. The molecule has 0 saturated carbocycles. The SMILES string of the molecule is COc1cc2ccccc2cc1C(=O)O[C@H](C)C(=O)NC(C)(C)C. The van der Waals surface area contributed by atoms with E-state index >= 15 is 0 Å². The standard InChI is InChI=1S/C19H23NO4/c1-12(17(21)20-19(2,3)4)24-18(22)15-10-13-8-6-7-9-14(13)11-16(15)23-5/h6-12H,1-5H3,(H,20,21)/t12-/m1/s1. The number of benzene rings is 2. The fourth-order valence-electron chi connectivity index (χ4n) is 2.30. The zero-order valence-corrected chi connectivity index (χ0v) is 14.7. The Labute approximate surface area is 141 Å². The van der Waals surface area contributed by atoms with Gasteiger partial charge in [-0.1, -0.05) is 24.3 Å². The molecule has 2 aromatic carbocycles. The predicted molar refractivity (Wildman–Crippen MR) is 93.3 cm³/mol. The third kappa shape index (κ3) is 4.25. The number of methoxy groups -OCH3 is 1. The minimum atomic E-state index is -0.895. The van der Waals surface area contributed by atoms with Crippen LogP contribution in [0.15, 0.2) is 36.4 Å². The van der Waals surface area contributed by atoms with Gasteiger partial charge in [-0.2, -0.15) is 0 Å². The molecule has 2 rings (SSSR count). The molecule has 0 radical (unpaired) electrons. The highest BCUT2D eigenvalue weighted by Gasteiger charge is 2.24. The van der Waals surface area contributed by atoms with E-state index in [2.05, 4.69) is 5.32 Å². The number of carbonyl (C=O) groups is 2. The van der Waals surface area contributed by atoms with Crippen LogP contribution < -0.4 is 10.1 Å². The molecule has 0 aliphatic heterocycles. The highest BCUT2D eigenvalue weighted by Crippen LogP contribution is 2.26. The third-order valence-corrected chi connectivity index (χ3v) is 3.44. The summed E-state index contributed by atoms with van der Waals surface area (Å²) in [4.78, 5) is 24.5. The smallest absolute Gasteiger partial charge is 0.342 e. The third-order valence-electron chi connectivity index (χ3n) is 3.44. The van der Waals surface area contributed by atoms with Crippen LogP contribution in [-0.4, -0.2) is 30.6 Å². The molecule has 0 spiro atoms. The molecule has 0 fully saturated rings. The summed E-state index contributed by atoms with van der Waals surface area (Å²) in [6, 6.07) is 11.1. The monoisotopic (exact) mass is 329 g/mol. The zero-order valence-electron chi connectivity index (χ0n) is 14.7. The highest BCUT2D eigenvalue weighted by atomic mass is 16.5. The van der Waals surface area contributed by atoms with Crippen molar-refractivity contribution in [3.63, 3.8) is 0 Å². The van der Waals surface area contributed by atoms with Crippen LogP contribution in [0.1, 0.15) is 38.1 Å². The van der Waals surface area contributed by atoms with Crippen LogP contribution in [0.25, 0.3) is 10.8 Å². The Kier molecular flexibility index (Phi) is 5.12. The van der Waals surface area contributed by atoms with E-state index in [0.717, 1.165) is 10.8 Å². The van der Waals surface area contributed by atoms with E-state index in [4.69, 9.17) is 9.47 Å². The number of fused-ring (bicyclic) bond motifs is 1. The topological polar surface area (TPSA) is 64.6 Å². The number of rotatable bonds is 4. The summed E-state index contributed by atoms with van der Waals surface area (Å²) in [5.41, 5.74) is -0.0927. The van der Waals surface area contributed by atoms with Crippen LogP contribution in [0.2, 0.25) is 0 Å². The van der Waals surface area contributed by atoms with E-state index in [1.165, 1.54) is 7.11 Å². The van der Waals surface area contributed by atoms with Crippen LogP contribution in [-0.2, 0) is 9.53 Å². The summed E-state index contributed by atoms with van der Waals surface area (Å²) in [5.74, 6) is -0.508. The summed E-state index contributed by atoms with van der Waals surface area (Å²) in [6.45, 7) is 7.15. The molecule has 1 N–H and O–H groups in total. The number of nitrogens with one attached hydrogen (secondary N) is 1. The van der Waals surface area contributed by atoms with E-state index in [9.17, 15) is 9.59 Å². The number of ether oxygens (including phenoxy) is 2. The van der Waals surface area contributed by atoms with Crippen molar-refractivity contribution >= 4 is 22.6 Å². The van der Waals surface area contributed by atoms with Gasteiger partial charge in [0.25, 0.3) is 5.91 Å². The van der Waals surface area contributed by atoms with Crippen molar-refractivity contribution in [2.24, 2.45) is 0 Å². The second-order valence-electron chi connectivity index (χ2n) is 6.69. The lowest BCUT2D eigenvalue weighted by Crippen LogP contribution is -2.46. The number of hydrogen-bond donors (Lipinski definition) is 1. The first kappa shape index (κ1) is 17.8. The average molecular weight is 329 g/mol. The molecule has 24 heavy (non-hydrogen) atoms. The zero-order chi connectivity index (χ0) is 17.9. The second kappa shape index (κ2) is 6.91. The van der Waals surface area contributed by atoms with Crippen LogP contribution in [0, 0.1) is 0 Å². The molecule has 0 aliphatic carbocycles. The van der Waals surface area contributed by atoms with Crippen LogP contribution in [0.4, 0.5) is 0 Å². The molecule has 2 aromatic rings. The van der Waals surface area contributed by atoms with E-state index in [1.807, 2.05) is 45.0 Å². The Morgan fingerprint density at radius 1 is 1.08 bits per heavy atom. The molecule has 0 saturated heterocycles. The Balaban J connectivity index is 2.23. The summed E-state index contributed by atoms with van der Waals surface area (Å²) in [6.07, 6.45) is -0.895. The van der Waals surface area contributed by atoms with Crippen LogP contribution >= 0.6 is 0 Å². The van der Waals surface area contributed by atoms with Crippen molar-refractivity contribution in [2.75, 3.05) is 7.11 Å². The normalized spacial score (nSPS) is 12.5. The Hall–Kier alpha value is -2.56. The lowest BCUT2D eigenvalue weighted by molar-refractivity contribution is -0.130. The van der Waals surface area contributed by atoms with Crippen molar-refractivity contribution < 1.29 is 19.1 Å². The molecule has 128 valence electrons. The van der Waals surface area contributed by atoms with Gasteiger partial charge < -0.3 is 14.8 Å². The van der Waals surface area contributed by atoms with Crippen molar-refractivity contribution in [2.45, 2.75) is 39.3 Å². The Morgan fingerprint density at radius 2 is 1.67 bits per heavy atom. The lowest BCUT2D eigenvalue weighted by atomic mass is 10.1. The minimum Gasteiger partial charge on any atom is -0.496 e. The van der Waals surface area contributed by atoms with Gasteiger partial charge in [0, 0.05) is 5.54 Å². The van der Waals surface area contributed by atoms with Gasteiger partial charge in [0.2, 0.25) is 0 Å². The van der Waals surface area contributed by atoms with Crippen molar-refractivity contribution in [3.05, 3.63) is 42.0 Å². The van der Waals surface area contributed by atoms with E-state index in [-0.39, 0.29) is 5.91 Å². The first-order valence-corrected chi connectivity index (χ1v) is 7.81. The molecule has 1 amide bonds. The van der Waals surface area contributed by atoms with Crippen LogP contribution in [0.3, 0.4) is 0 Å². The van der Waals surface area contributed by atoms with Gasteiger partial charge >= 0.3 is 5.97 Å². The highest BCUT2D eigenvalue weighted by molar-refractivity contribution is 5.99. The first-order valence-electron chi connectivity index (χ1n) is 7.81. The van der Waals surface area contributed by atoms with Gasteiger partial charge in [0.15, 0.2) is 6.10 Å². The summed E-state index contributed by atoms with van der Waals surface area (Å²) in [5, 5.41) is 4.65. The molecule has 1 atom stereocenters. The Bertz CT molecular complexity index is 762.